The number of carbonyl (C=O) groups excluding carboxylic acids is 3. The van der Waals surface area contributed by atoms with E-state index in [1.54, 1.807) is 17.0 Å². The van der Waals surface area contributed by atoms with Crippen molar-refractivity contribution in [2.75, 3.05) is 36.8 Å². The van der Waals surface area contributed by atoms with Gasteiger partial charge in [-0.15, -0.1) is 13.2 Å². The van der Waals surface area contributed by atoms with Gasteiger partial charge in [-0.05, 0) is 48.5 Å². The standard InChI is InChI=1S/C22H21F3N2O4S/c1-15(28)32-14-20(29)16-2-6-18(7-3-16)26-10-12-27(13-11-26)21(30)17-4-8-19(9-5-17)31-22(23,24)25/h2-9H,10-14H2,1H3. The molecule has 0 bridgehead atoms. The summed E-state index contributed by atoms with van der Waals surface area (Å²) in [5, 5.41) is -0.104. The number of nitrogens with zero attached hydrogens (tertiary/aromatic N) is 2. The van der Waals surface area contributed by atoms with Gasteiger partial charge in [0.2, 0.25) is 0 Å². The highest BCUT2D eigenvalue weighted by atomic mass is 32.2. The largest absolute Gasteiger partial charge is 0.573 e. The highest BCUT2D eigenvalue weighted by molar-refractivity contribution is 8.14. The third kappa shape index (κ3) is 6.49. The molecule has 1 amide bonds. The number of anilines is 1. The fourth-order valence-electron chi connectivity index (χ4n) is 3.26. The maximum atomic E-state index is 12.6. The predicted molar refractivity (Wildman–Crippen MR) is 115 cm³/mol. The zero-order valence-corrected chi connectivity index (χ0v) is 18.0. The van der Waals surface area contributed by atoms with E-state index >= 15 is 0 Å². The molecule has 1 fully saturated rings. The van der Waals surface area contributed by atoms with Gasteiger partial charge in [-0.25, -0.2) is 0 Å². The Morgan fingerprint density at radius 2 is 1.47 bits per heavy atom. The van der Waals surface area contributed by atoms with E-state index in [1.165, 1.54) is 19.1 Å². The van der Waals surface area contributed by atoms with E-state index in [-0.39, 0.29) is 28.3 Å². The number of halogens is 3. The first kappa shape index (κ1) is 23.6. The molecule has 0 aromatic heterocycles. The van der Waals surface area contributed by atoms with Crippen LogP contribution in [0.15, 0.2) is 48.5 Å². The highest BCUT2D eigenvalue weighted by Crippen LogP contribution is 2.24. The lowest BCUT2D eigenvalue weighted by molar-refractivity contribution is -0.274. The summed E-state index contributed by atoms with van der Waals surface area (Å²) in [5.74, 6) is -0.634. The summed E-state index contributed by atoms with van der Waals surface area (Å²) in [6, 6.07) is 12.0. The van der Waals surface area contributed by atoms with Gasteiger partial charge in [-0.1, -0.05) is 11.8 Å². The zero-order chi connectivity index (χ0) is 23.3. The molecule has 0 atom stereocenters. The van der Waals surface area contributed by atoms with Crippen molar-refractivity contribution >= 4 is 34.3 Å². The Labute approximate surface area is 187 Å². The summed E-state index contributed by atoms with van der Waals surface area (Å²) in [7, 11) is 0. The van der Waals surface area contributed by atoms with Gasteiger partial charge < -0.3 is 14.5 Å². The van der Waals surface area contributed by atoms with Crippen LogP contribution in [0.1, 0.15) is 27.6 Å². The van der Waals surface area contributed by atoms with Crippen LogP contribution in [-0.2, 0) is 4.79 Å². The molecule has 1 heterocycles. The van der Waals surface area contributed by atoms with Crippen molar-refractivity contribution in [1.29, 1.82) is 0 Å². The Morgan fingerprint density at radius 1 is 0.906 bits per heavy atom. The fraction of sp³-hybridized carbons (Fsp3) is 0.318. The smallest absolute Gasteiger partial charge is 0.406 e. The minimum Gasteiger partial charge on any atom is -0.406 e. The first-order valence-corrected chi connectivity index (χ1v) is 10.8. The van der Waals surface area contributed by atoms with Crippen molar-refractivity contribution in [1.82, 2.24) is 4.90 Å². The molecule has 0 N–H and O–H groups in total. The maximum Gasteiger partial charge on any atom is 0.573 e. The van der Waals surface area contributed by atoms with Gasteiger partial charge in [0.25, 0.3) is 5.91 Å². The SMILES string of the molecule is CC(=O)SCC(=O)c1ccc(N2CCN(C(=O)c3ccc(OC(F)(F)F)cc3)CC2)cc1. The van der Waals surface area contributed by atoms with Crippen LogP contribution in [0.2, 0.25) is 0 Å². The Kier molecular flexibility index (Phi) is 7.44. The Balaban J connectivity index is 1.54. The number of rotatable bonds is 6. The van der Waals surface area contributed by atoms with Crippen LogP contribution in [0.3, 0.4) is 0 Å². The van der Waals surface area contributed by atoms with Gasteiger partial charge in [0.05, 0.1) is 5.75 Å². The molecule has 1 aliphatic rings. The van der Waals surface area contributed by atoms with Crippen molar-refractivity contribution < 1.29 is 32.3 Å². The van der Waals surface area contributed by atoms with Gasteiger partial charge in [-0.2, -0.15) is 0 Å². The molecule has 0 saturated carbocycles. The Morgan fingerprint density at radius 3 is 2.00 bits per heavy atom. The van der Waals surface area contributed by atoms with Crippen LogP contribution in [0.25, 0.3) is 0 Å². The molecule has 1 saturated heterocycles. The molecule has 0 spiro atoms. The number of hydrogen-bond donors (Lipinski definition) is 0. The van der Waals surface area contributed by atoms with Gasteiger partial charge in [0.15, 0.2) is 10.9 Å². The number of thioether (sulfide) groups is 1. The lowest BCUT2D eigenvalue weighted by atomic mass is 10.1. The van der Waals surface area contributed by atoms with Gasteiger partial charge in [0.1, 0.15) is 5.75 Å². The number of carbonyl (C=O) groups is 3. The molecule has 32 heavy (non-hydrogen) atoms. The third-order valence-corrected chi connectivity index (χ3v) is 5.68. The second-order valence-electron chi connectivity index (χ2n) is 7.10. The molecule has 6 nitrogen and oxygen atoms in total. The average Bonchev–Trinajstić information content (AvgIpc) is 2.76. The summed E-state index contributed by atoms with van der Waals surface area (Å²) in [4.78, 5) is 39.5. The summed E-state index contributed by atoms with van der Waals surface area (Å²) in [5.41, 5.74) is 1.75. The van der Waals surface area contributed by atoms with E-state index in [0.717, 1.165) is 29.6 Å². The van der Waals surface area contributed by atoms with Crippen molar-refractivity contribution in [3.63, 3.8) is 0 Å². The molecule has 0 radical (unpaired) electrons. The van der Waals surface area contributed by atoms with E-state index in [1.807, 2.05) is 12.1 Å². The number of alkyl halides is 3. The molecule has 3 rings (SSSR count). The average molecular weight is 466 g/mol. The van der Waals surface area contributed by atoms with Gasteiger partial charge in [0, 0.05) is 49.9 Å². The van der Waals surface area contributed by atoms with E-state index < -0.39 is 6.36 Å². The molecule has 2 aromatic carbocycles. The number of ether oxygens (including phenoxy) is 1. The number of amides is 1. The monoisotopic (exact) mass is 466 g/mol. The van der Waals surface area contributed by atoms with Crippen molar-refractivity contribution in [2.45, 2.75) is 13.3 Å². The van der Waals surface area contributed by atoms with Gasteiger partial charge >= 0.3 is 6.36 Å². The first-order valence-electron chi connectivity index (χ1n) is 9.79. The first-order chi connectivity index (χ1) is 15.1. The van der Waals surface area contributed by atoms with E-state index in [4.69, 9.17) is 0 Å². The van der Waals surface area contributed by atoms with Crippen LogP contribution in [0, 0.1) is 0 Å². The normalized spacial score (nSPS) is 14.2. The molecule has 170 valence electrons. The third-order valence-electron chi connectivity index (χ3n) is 4.86. The highest BCUT2D eigenvalue weighted by Gasteiger charge is 2.31. The number of Topliss-reactive ketones (excluding diaryl/α,β-unsaturated/α-hetero) is 1. The van der Waals surface area contributed by atoms with Crippen LogP contribution < -0.4 is 9.64 Å². The lowest BCUT2D eigenvalue weighted by Gasteiger charge is -2.36. The van der Waals surface area contributed by atoms with E-state index in [0.29, 0.717) is 37.3 Å². The lowest BCUT2D eigenvalue weighted by Crippen LogP contribution is -2.48. The minimum absolute atomic E-state index is 0.104. The maximum absolute atomic E-state index is 12.6. The van der Waals surface area contributed by atoms with Crippen LogP contribution in [0.5, 0.6) is 5.75 Å². The molecule has 0 unspecified atom stereocenters. The molecule has 1 aliphatic heterocycles. The van der Waals surface area contributed by atoms with Crippen LogP contribution in [0.4, 0.5) is 18.9 Å². The predicted octanol–water partition coefficient (Wildman–Crippen LogP) is 4.01. The second kappa shape index (κ2) is 10.1. The van der Waals surface area contributed by atoms with Crippen molar-refractivity contribution in [2.24, 2.45) is 0 Å². The molecular formula is C22H21F3N2O4S. The van der Waals surface area contributed by atoms with E-state index in [2.05, 4.69) is 9.64 Å². The number of hydrogen-bond acceptors (Lipinski definition) is 6. The molecule has 2 aromatic rings. The zero-order valence-electron chi connectivity index (χ0n) is 17.2. The summed E-state index contributed by atoms with van der Waals surface area (Å²) < 4.78 is 40.6. The summed E-state index contributed by atoms with van der Waals surface area (Å²) >= 11 is 0.977. The number of ketones is 1. The molecule has 10 heteroatoms. The van der Waals surface area contributed by atoms with Crippen LogP contribution >= 0.6 is 11.8 Å². The Hall–Kier alpha value is -3.01. The molecule has 0 aliphatic carbocycles. The summed E-state index contributed by atoms with van der Waals surface area (Å²) in [6.45, 7) is 3.48. The van der Waals surface area contributed by atoms with Crippen molar-refractivity contribution in [3.05, 3.63) is 59.7 Å². The quantitative estimate of drug-likeness (QED) is 0.600. The minimum atomic E-state index is -4.78. The van der Waals surface area contributed by atoms with Crippen LogP contribution in [-0.4, -0.2) is 60.0 Å². The van der Waals surface area contributed by atoms with E-state index in [9.17, 15) is 27.6 Å². The number of benzene rings is 2. The van der Waals surface area contributed by atoms with Gasteiger partial charge in [-0.3, -0.25) is 14.4 Å². The van der Waals surface area contributed by atoms with Crippen molar-refractivity contribution in [3.8, 4) is 5.75 Å². The topological polar surface area (TPSA) is 66.9 Å². The number of piperazine rings is 1. The summed E-state index contributed by atoms with van der Waals surface area (Å²) in [6.07, 6.45) is -4.78. The molecular weight excluding hydrogens is 445 g/mol. The second-order valence-corrected chi connectivity index (χ2v) is 8.25. The Bertz CT molecular complexity index is 970. The fourth-order valence-corrected chi connectivity index (χ4v) is 3.76.